The molecule has 0 spiro atoms. The predicted octanol–water partition coefficient (Wildman–Crippen LogP) is 4.03. The lowest BCUT2D eigenvalue weighted by Crippen LogP contribution is -2.07. The number of aromatic carboxylic acids is 1. The molecule has 4 heteroatoms. The van der Waals surface area contributed by atoms with Crippen LogP contribution in [0, 0.1) is 5.92 Å². The first kappa shape index (κ1) is 13.2. The molecule has 98 valence electrons. The second-order valence-electron chi connectivity index (χ2n) is 4.87. The molecule has 0 heterocycles. The zero-order valence-electron chi connectivity index (χ0n) is 10.3. The summed E-state index contributed by atoms with van der Waals surface area (Å²) in [6, 6.07) is 4.99. The van der Waals surface area contributed by atoms with Gasteiger partial charge in [0, 0.05) is 12.2 Å². The summed E-state index contributed by atoms with van der Waals surface area (Å²) in [5.74, 6) is -0.135. The molecule has 0 amide bonds. The van der Waals surface area contributed by atoms with Gasteiger partial charge in [0.15, 0.2) is 0 Å². The molecular weight excluding hydrogens is 250 g/mol. The first-order valence-electron chi connectivity index (χ1n) is 6.43. The second kappa shape index (κ2) is 6.10. The topological polar surface area (TPSA) is 49.3 Å². The lowest BCUT2D eigenvalue weighted by molar-refractivity contribution is 0.0697. The van der Waals surface area contributed by atoms with Crippen LogP contribution in [0.3, 0.4) is 0 Å². The first-order chi connectivity index (χ1) is 8.66. The van der Waals surface area contributed by atoms with Crippen LogP contribution in [0.4, 0.5) is 5.69 Å². The highest BCUT2D eigenvalue weighted by Gasteiger charge is 2.14. The van der Waals surface area contributed by atoms with Gasteiger partial charge < -0.3 is 10.4 Å². The van der Waals surface area contributed by atoms with Crippen molar-refractivity contribution in [3.05, 3.63) is 28.8 Å². The van der Waals surface area contributed by atoms with E-state index in [0.717, 1.165) is 18.2 Å². The van der Waals surface area contributed by atoms with E-state index < -0.39 is 5.97 Å². The van der Waals surface area contributed by atoms with E-state index in [1.165, 1.54) is 32.1 Å². The third-order valence-corrected chi connectivity index (χ3v) is 3.87. The van der Waals surface area contributed by atoms with E-state index in [9.17, 15) is 4.79 Å². The third kappa shape index (κ3) is 3.39. The average molecular weight is 268 g/mol. The number of hydrogen-bond acceptors (Lipinski definition) is 2. The number of benzene rings is 1. The van der Waals surface area contributed by atoms with E-state index in [1.54, 1.807) is 18.2 Å². The maximum atomic E-state index is 10.8. The van der Waals surface area contributed by atoms with E-state index in [4.69, 9.17) is 16.7 Å². The summed E-state index contributed by atoms with van der Waals surface area (Å²) in [5, 5.41) is 12.5. The van der Waals surface area contributed by atoms with Gasteiger partial charge in [-0.15, -0.1) is 0 Å². The third-order valence-electron chi connectivity index (χ3n) is 3.56. The number of carbonyl (C=O) groups is 1. The molecule has 1 aliphatic rings. The Morgan fingerprint density at radius 2 is 2.11 bits per heavy atom. The average Bonchev–Trinajstić information content (AvgIpc) is 2.81. The van der Waals surface area contributed by atoms with Crippen molar-refractivity contribution in [2.24, 2.45) is 5.92 Å². The smallest absolute Gasteiger partial charge is 0.337 e. The fourth-order valence-electron chi connectivity index (χ4n) is 2.52. The van der Waals surface area contributed by atoms with Gasteiger partial charge in [0.05, 0.1) is 10.6 Å². The molecule has 0 aromatic heterocycles. The molecule has 3 nitrogen and oxygen atoms in total. The molecule has 1 aromatic rings. The maximum absolute atomic E-state index is 10.8. The Kier molecular flexibility index (Phi) is 4.48. The van der Waals surface area contributed by atoms with Crippen LogP contribution in [0.5, 0.6) is 0 Å². The molecule has 1 saturated carbocycles. The zero-order chi connectivity index (χ0) is 13.0. The molecule has 0 aliphatic heterocycles. The molecule has 1 fully saturated rings. The molecular formula is C14H18ClNO2. The summed E-state index contributed by atoms with van der Waals surface area (Å²) in [6.07, 6.45) is 6.60. The fourth-order valence-corrected chi connectivity index (χ4v) is 2.78. The van der Waals surface area contributed by atoms with Gasteiger partial charge in [0.25, 0.3) is 0 Å². The van der Waals surface area contributed by atoms with Crippen molar-refractivity contribution in [3.63, 3.8) is 0 Å². The van der Waals surface area contributed by atoms with Crippen LogP contribution >= 0.6 is 11.6 Å². The minimum absolute atomic E-state index is 0.151. The largest absolute Gasteiger partial charge is 0.478 e. The normalized spacial score (nSPS) is 15.8. The lowest BCUT2D eigenvalue weighted by Gasteiger charge is -2.11. The monoisotopic (exact) mass is 267 g/mol. The van der Waals surface area contributed by atoms with Crippen molar-refractivity contribution in [1.29, 1.82) is 0 Å². The van der Waals surface area contributed by atoms with Crippen LogP contribution in [0.25, 0.3) is 0 Å². The predicted molar refractivity (Wildman–Crippen MR) is 73.5 cm³/mol. The number of carboxylic acid groups (broad SMARTS) is 1. The lowest BCUT2D eigenvalue weighted by atomic mass is 10.0. The van der Waals surface area contributed by atoms with Gasteiger partial charge in [0.2, 0.25) is 0 Å². The Morgan fingerprint density at radius 1 is 1.39 bits per heavy atom. The number of hydrogen-bond donors (Lipinski definition) is 2. The number of halogens is 1. The highest BCUT2D eigenvalue weighted by Crippen LogP contribution is 2.27. The molecule has 0 radical (unpaired) electrons. The van der Waals surface area contributed by atoms with Crippen molar-refractivity contribution in [1.82, 2.24) is 0 Å². The van der Waals surface area contributed by atoms with Crippen molar-refractivity contribution < 1.29 is 9.90 Å². The highest BCUT2D eigenvalue weighted by molar-refractivity contribution is 6.33. The summed E-state index contributed by atoms with van der Waals surface area (Å²) < 4.78 is 0. The number of rotatable bonds is 5. The highest BCUT2D eigenvalue weighted by atomic mass is 35.5. The number of nitrogens with one attached hydrogen (secondary N) is 1. The molecule has 0 unspecified atom stereocenters. The Balaban J connectivity index is 1.85. The summed E-state index contributed by atoms with van der Waals surface area (Å²) in [7, 11) is 0. The van der Waals surface area contributed by atoms with Gasteiger partial charge in [-0.1, -0.05) is 37.3 Å². The Bertz CT molecular complexity index is 428. The molecule has 0 bridgehead atoms. The minimum atomic E-state index is -0.988. The van der Waals surface area contributed by atoms with Crippen LogP contribution < -0.4 is 5.32 Å². The van der Waals surface area contributed by atoms with E-state index in [-0.39, 0.29) is 10.6 Å². The van der Waals surface area contributed by atoms with Gasteiger partial charge in [-0.25, -0.2) is 4.79 Å². The van der Waals surface area contributed by atoms with Crippen molar-refractivity contribution in [2.45, 2.75) is 32.1 Å². The van der Waals surface area contributed by atoms with Gasteiger partial charge in [0.1, 0.15) is 0 Å². The first-order valence-corrected chi connectivity index (χ1v) is 6.81. The van der Waals surface area contributed by atoms with Crippen LogP contribution in [0.1, 0.15) is 42.5 Å². The maximum Gasteiger partial charge on any atom is 0.337 e. The quantitative estimate of drug-likeness (QED) is 0.847. The molecule has 2 N–H and O–H groups in total. The number of carboxylic acids is 1. The Hall–Kier alpha value is -1.22. The Labute approximate surface area is 112 Å². The van der Waals surface area contributed by atoms with Crippen molar-refractivity contribution >= 4 is 23.3 Å². The summed E-state index contributed by atoms with van der Waals surface area (Å²) in [6.45, 7) is 0.924. The molecule has 0 saturated heterocycles. The molecule has 1 aromatic carbocycles. The van der Waals surface area contributed by atoms with Crippen molar-refractivity contribution in [2.75, 3.05) is 11.9 Å². The standard InChI is InChI=1S/C14H18ClNO2/c15-13-9-11(5-6-12(13)14(17)18)16-8-7-10-3-1-2-4-10/h5-6,9-10,16H,1-4,7-8H2,(H,17,18). The van der Waals surface area contributed by atoms with Crippen LogP contribution in [0.2, 0.25) is 5.02 Å². The SMILES string of the molecule is O=C(O)c1ccc(NCCC2CCCC2)cc1Cl. The molecule has 2 rings (SSSR count). The van der Waals surface area contributed by atoms with Crippen molar-refractivity contribution in [3.8, 4) is 0 Å². The Morgan fingerprint density at radius 3 is 2.72 bits per heavy atom. The fraction of sp³-hybridized carbons (Fsp3) is 0.500. The van der Waals surface area contributed by atoms with E-state index in [0.29, 0.717) is 0 Å². The molecule has 18 heavy (non-hydrogen) atoms. The van der Waals surface area contributed by atoms with Gasteiger partial charge in [-0.3, -0.25) is 0 Å². The van der Waals surface area contributed by atoms with Gasteiger partial charge in [-0.2, -0.15) is 0 Å². The van der Waals surface area contributed by atoms with E-state index in [1.807, 2.05) is 0 Å². The van der Waals surface area contributed by atoms with E-state index >= 15 is 0 Å². The molecule has 0 atom stereocenters. The zero-order valence-corrected chi connectivity index (χ0v) is 11.0. The van der Waals surface area contributed by atoms with Gasteiger partial charge in [-0.05, 0) is 30.5 Å². The van der Waals surface area contributed by atoms with E-state index in [2.05, 4.69) is 5.32 Å². The van der Waals surface area contributed by atoms with Crippen LogP contribution in [-0.2, 0) is 0 Å². The van der Waals surface area contributed by atoms with Crippen LogP contribution in [0.15, 0.2) is 18.2 Å². The van der Waals surface area contributed by atoms with Crippen LogP contribution in [-0.4, -0.2) is 17.6 Å². The summed E-state index contributed by atoms with van der Waals surface area (Å²) in [4.78, 5) is 10.8. The minimum Gasteiger partial charge on any atom is -0.478 e. The molecule has 1 aliphatic carbocycles. The summed E-state index contributed by atoms with van der Waals surface area (Å²) >= 11 is 5.91. The number of anilines is 1. The summed E-state index contributed by atoms with van der Waals surface area (Å²) in [5.41, 5.74) is 1.04. The second-order valence-corrected chi connectivity index (χ2v) is 5.27. The van der Waals surface area contributed by atoms with Gasteiger partial charge >= 0.3 is 5.97 Å².